The first-order chi connectivity index (χ1) is 11.5. The van der Waals surface area contributed by atoms with Gasteiger partial charge in [0.25, 0.3) is 0 Å². The summed E-state index contributed by atoms with van der Waals surface area (Å²) in [4.78, 5) is 11.0. The average molecular weight is 406 g/mol. The Labute approximate surface area is 141 Å². The van der Waals surface area contributed by atoms with E-state index in [2.05, 4.69) is 20.8 Å². The molecule has 26 heavy (non-hydrogen) atoms. The predicted octanol–water partition coefficient (Wildman–Crippen LogP) is 3.95. The monoisotopic (exact) mass is 406 g/mol. The van der Waals surface area contributed by atoms with Crippen molar-refractivity contribution in [2.24, 2.45) is 0 Å². The van der Waals surface area contributed by atoms with E-state index in [1.807, 2.05) is 0 Å². The predicted molar refractivity (Wildman–Crippen MR) is 68.1 cm³/mol. The number of esters is 1. The van der Waals surface area contributed by atoms with Gasteiger partial charge in [0.2, 0.25) is 0 Å². The van der Waals surface area contributed by atoms with Gasteiger partial charge in [-0.25, -0.2) is 4.79 Å². The van der Waals surface area contributed by atoms with Crippen LogP contribution in [0.25, 0.3) is 0 Å². The van der Waals surface area contributed by atoms with Crippen molar-refractivity contribution < 1.29 is 58.5 Å². The molecule has 0 saturated heterocycles. The van der Waals surface area contributed by atoms with Gasteiger partial charge in [0, 0.05) is 12.0 Å². The van der Waals surface area contributed by atoms with Crippen LogP contribution in [0.15, 0.2) is 12.2 Å². The zero-order chi connectivity index (χ0) is 20.8. The molecule has 4 nitrogen and oxygen atoms in total. The number of hydrogen-bond donors (Lipinski definition) is 0. The van der Waals surface area contributed by atoms with Gasteiger partial charge in [-0.2, -0.15) is 39.5 Å². The summed E-state index contributed by atoms with van der Waals surface area (Å²) in [6, 6.07) is 0. The molecule has 0 aromatic rings. The summed E-state index contributed by atoms with van der Waals surface area (Å²) in [5, 5.41) is 0. The third kappa shape index (κ3) is 7.40. The van der Waals surface area contributed by atoms with Crippen LogP contribution >= 0.6 is 0 Å². The number of hydrogen-bond acceptors (Lipinski definition) is 4. The standard InChI is InChI=1S/C13H15F9O4/c1-8(2)9(23)25-5-3-4-24-6-11(16,17)13(21,22)26-7-10(14,15)12(18,19)20/h1,3-7H2,2H3. The van der Waals surface area contributed by atoms with Gasteiger partial charge in [0.05, 0.1) is 13.2 Å². The van der Waals surface area contributed by atoms with Crippen LogP contribution in [0.4, 0.5) is 39.5 Å². The maximum absolute atomic E-state index is 13.2. The summed E-state index contributed by atoms with van der Waals surface area (Å²) in [5.74, 6) is -11.7. The minimum atomic E-state index is -6.24. The van der Waals surface area contributed by atoms with E-state index in [1.54, 1.807) is 0 Å². The maximum atomic E-state index is 13.2. The van der Waals surface area contributed by atoms with E-state index in [-0.39, 0.29) is 18.6 Å². The fourth-order valence-corrected chi connectivity index (χ4v) is 1.10. The molecule has 0 aromatic carbocycles. The lowest BCUT2D eigenvalue weighted by molar-refractivity contribution is -0.385. The summed E-state index contributed by atoms with van der Waals surface area (Å²) in [6.07, 6.45) is -12.0. The summed E-state index contributed by atoms with van der Waals surface area (Å²) in [5.41, 5.74) is 0.0601. The Morgan fingerprint density at radius 1 is 0.885 bits per heavy atom. The second kappa shape index (κ2) is 8.93. The van der Waals surface area contributed by atoms with Crippen molar-refractivity contribution in [1.29, 1.82) is 0 Å². The van der Waals surface area contributed by atoms with Crippen molar-refractivity contribution in [2.45, 2.75) is 37.5 Å². The molecule has 0 aliphatic rings. The molecule has 0 atom stereocenters. The largest absolute Gasteiger partial charge is 0.462 e. The van der Waals surface area contributed by atoms with Crippen LogP contribution in [0.2, 0.25) is 0 Å². The Morgan fingerprint density at radius 3 is 1.88 bits per heavy atom. The van der Waals surface area contributed by atoms with Crippen LogP contribution in [-0.4, -0.2) is 56.5 Å². The molecule has 0 saturated carbocycles. The smallest absolute Gasteiger partial charge is 0.455 e. The minimum Gasteiger partial charge on any atom is -0.462 e. The molecule has 0 heterocycles. The lowest BCUT2D eigenvalue weighted by atomic mass is 10.3. The highest BCUT2D eigenvalue weighted by molar-refractivity contribution is 5.86. The summed E-state index contributed by atoms with van der Waals surface area (Å²) >= 11 is 0. The van der Waals surface area contributed by atoms with Gasteiger partial charge in [0.1, 0.15) is 13.2 Å². The molecular weight excluding hydrogens is 391 g/mol. The first-order valence-electron chi connectivity index (χ1n) is 6.78. The van der Waals surface area contributed by atoms with Gasteiger partial charge < -0.3 is 14.2 Å². The highest BCUT2D eigenvalue weighted by atomic mass is 19.4. The second-order valence-electron chi connectivity index (χ2n) is 5.03. The third-order valence-electron chi connectivity index (χ3n) is 2.57. The van der Waals surface area contributed by atoms with Gasteiger partial charge in [0.15, 0.2) is 0 Å². The van der Waals surface area contributed by atoms with Crippen LogP contribution in [0.1, 0.15) is 13.3 Å². The normalized spacial score (nSPS) is 13.6. The van der Waals surface area contributed by atoms with E-state index in [0.29, 0.717) is 0 Å². The molecule has 0 bridgehead atoms. The van der Waals surface area contributed by atoms with Gasteiger partial charge >= 0.3 is 30.1 Å². The average Bonchev–Trinajstić information content (AvgIpc) is 2.47. The van der Waals surface area contributed by atoms with Crippen LogP contribution in [0, 0.1) is 0 Å². The highest BCUT2D eigenvalue weighted by Gasteiger charge is 2.63. The number of carbonyl (C=O) groups excluding carboxylic acids is 1. The van der Waals surface area contributed by atoms with Crippen molar-refractivity contribution in [2.75, 3.05) is 26.4 Å². The Bertz CT molecular complexity index is 488. The van der Waals surface area contributed by atoms with Crippen LogP contribution in [0.5, 0.6) is 0 Å². The van der Waals surface area contributed by atoms with Gasteiger partial charge in [-0.15, -0.1) is 0 Å². The van der Waals surface area contributed by atoms with Crippen LogP contribution < -0.4 is 0 Å². The van der Waals surface area contributed by atoms with Gasteiger partial charge in [-0.1, -0.05) is 6.58 Å². The van der Waals surface area contributed by atoms with Crippen molar-refractivity contribution in [3.63, 3.8) is 0 Å². The van der Waals surface area contributed by atoms with Gasteiger partial charge in [-0.05, 0) is 6.92 Å². The van der Waals surface area contributed by atoms with Gasteiger partial charge in [-0.3, -0.25) is 0 Å². The number of rotatable bonds is 11. The first-order valence-corrected chi connectivity index (χ1v) is 6.78. The SMILES string of the molecule is C=C(C)C(=O)OCCCOCC(F)(F)C(F)(F)OCC(F)(F)C(F)(F)F. The Kier molecular flexibility index (Phi) is 8.41. The van der Waals surface area contributed by atoms with Crippen molar-refractivity contribution in [1.82, 2.24) is 0 Å². The fraction of sp³-hybridized carbons (Fsp3) is 0.769. The summed E-state index contributed by atoms with van der Waals surface area (Å²) < 4.78 is 124. The van der Waals surface area contributed by atoms with E-state index >= 15 is 0 Å². The number of ether oxygens (including phenoxy) is 3. The van der Waals surface area contributed by atoms with Crippen LogP contribution in [0.3, 0.4) is 0 Å². The molecular formula is C13H15F9O4. The maximum Gasteiger partial charge on any atom is 0.455 e. The van der Waals surface area contributed by atoms with Crippen molar-refractivity contribution >= 4 is 5.97 Å². The topological polar surface area (TPSA) is 44.8 Å². The first kappa shape index (κ1) is 24.5. The second-order valence-corrected chi connectivity index (χ2v) is 5.03. The highest BCUT2D eigenvalue weighted by Crippen LogP contribution is 2.40. The molecule has 13 heteroatoms. The summed E-state index contributed by atoms with van der Waals surface area (Å²) in [7, 11) is 0. The number of alkyl halides is 9. The van der Waals surface area contributed by atoms with E-state index in [9.17, 15) is 44.3 Å². The minimum absolute atomic E-state index is 0.0601. The molecule has 0 amide bonds. The van der Waals surface area contributed by atoms with E-state index in [4.69, 9.17) is 0 Å². The zero-order valence-electron chi connectivity index (χ0n) is 13.3. The Morgan fingerprint density at radius 2 is 1.42 bits per heavy atom. The zero-order valence-corrected chi connectivity index (χ0v) is 13.3. The molecule has 0 fully saturated rings. The van der Waals surface area contributed by atoms with E-state index < -0.39 is 49.9 Å². The lowest BCUT2D eigenvalue weighted by Crippen LogP contribution is -2.50. The number of halogens is 9. The molecule has 0 unspecified atom stereocenters. The Balaban J connectivity index is 4.38. The molecule has 154 valence electrons. The molecule has 0 N–H and O–H groups in total. The fourth-order valence-electron chi connectivity index (χ4n) is 1.10. The van der Waals surface area contributed by atoms with E-state index in [0.717, 1.165) is 0 Å². The number of carbonyl (C=O) groups is 1. The Hall–Kier alpha value is -1.50. The molecule has 0 spiro atoms. The molecule has 0 aromatic heterocycles. The quantitative estimate of drug-likeness (QED) is 0.226. The third-order valence-corrected chi connectivity index (χ3v) is 2.57. The van der Waals surface area contributed by atoms with Crippen molar-refractivity contribution in [3.8, 4) is 0 Å². The lowest BCUT2D eigenvalue weighted by Gasteiger charge is -2.28. The molecule has 0 rings (SSSR count). The van der Waals surface area contributed by atoms with Crippen LogP contribution in [-0.2, 0) is 19.0 Å². The summed E-state index contributed by atoms with van der Waals surface area (Å²) in [6.45, 7) is -1.31. The molecule has 0 radical (unpaired) electrons. The molecule has 0 aliphatic carbocycles. The van der Waals surface area contributed by atoms with E-state index in [1.165, 1.54) is 6.92 Å². The molecule has 0 aliphatic heterocycles. The van der Waals surface area contributed by atoms with Crippen molar-refractivity contribution in [3.05, 3.63) is 12.2 Å².